The summed E-state index contributed by atoms with van der Waals surface area (Å²) >= 11 is 0. The van der Waals surface area contributed by atoms with Crippen LogP contribution in [-0.4, -0.2) is 19.8 Å². The molecule has 0 amide bonds. The largest absolute Gasteiger partial charge is 0.385 e. The number of hydrogen-bond donors (Lipinski definition) is 2. The highest BCUT2D eigenvalue weighted by molar-refractivity contribution is 4.85. The summed E-state index contributed by atoms with van der Waals surface area (Å²) in [6.07, 6.45) is 5.11. The molecule has 3 heteroatoms. The first-order valence-corrected chi connectivity index (χ1v) is 6.14. The van der Waals surface area contributed by atoms with E-state index >= 15 is 0 Å². The van der Waals surface area contributed by atoms with Crippen LogP contribution in [0.2, 0.25) is 0 Å². The van der Waals surface area contributed by atoms with E-state index in [2.05, 4.69) is 19.3 Å². The molecule has 0 aliphatic heterocycles. The SMILES string of the molecule is COCCC(C)C(NN)C1CCC(C)C1. The van der Waals surface area contributed by atoms with Crippen LogP contribution in [0.1, 0.15) is 39.5 Å². The topological polar surface area (TPSA) is 47.3 Å². The second-order valence-electron chi connectivity index (χ2n) is 5.13. The van der Waals surface area contributed by atoms with Gasteiger partial charge in [0, 0.05) is 19.8 Å². The maximum atomic E-state index is 5.68. The normalized spacial score (nSPS) is 30.4. The summed E-state index contributed by atoms with van der Waals surface area (Å²) in [5.41, 5.74) is 3.02. The van der Waals surface area contributed by atoms with Crippen molar-refractivity contribution in [2.75, 3.05) is 13.7 Å². The maximum absolute atomic E-state index is 5.68. The zero-order valence-electron chi connectivity index (χ0n) is 10.3. The molecule has 0 aromatic carbocycles. The molecular formula is C12H26N2O. The van der Waals surface area contributed by atoms with Crippen LogP contribution in [0, 0.1) is 17.8 Å². The summed E-state index contributed by atoms with van der Waals surface area (Å²) in [5.74, 6) is 7.92. The number of rotatable bonds is 6. The van der Waals surface area contributed by atoms with Crippen LogP contribution in [0.5, 0.6) is 0 Å². The van der Waals surface area contributed by atoms with E-state index in [0.29, 0.717) is 12.0 Å². The van der Waals surface area contributed by atoms with Gasteiger partial charge in [0.15, 0.2) is 0 Å². The van der Waals surface area contributed by atoms with E-state index in [0.717, 1.165) is 24.9 Å². The van der Waals surface area contributed by atoms with Crippen LogP contribution in [-0.2, 0) is 4.74 Å². The Kier molecular flexibility index (Phi) is 5.58. The Morgan fingerprint density at radius 2 is 2.20 bits per heavy atom. The Labute approximate surface area is 93.7 Å². The summed E-state index contributed by atoms with van der Waals surface area (Å²) in [5, 5.41) is 0. The highest BCUT2D eigenvalue weighted by atomic mass is 16.5. The van der Waals surface area contributed by atoms with Gasteiger partial charge in [-0.15, -0.1) is 0 Å². The monoisotopic (exact) mass is 214 g/mol. The molecule has 0 aromatic rings. The third kappa shape index (κ3) is 3.74. The number of hydrogen-bond acceptors (Lipinski definition) is 3. The summed E-state index contributed by atoms with van der Waals surface area (Å²) in [7, 11) is 1.76. The predicted octanol–water partition coefficient (Wildman–Crippen LogP) is 1.93. The number of methoxy groups -OCH3 is 1. The van der Waals surface area contributed by atoms with Crippen LogP contribution >= 0.6 is 0 Å². The van der Waals surface area contributed by atoms with Gasteiger partial charge in [0.1, 0.15) is 0 Å². The van der Waals surface area contributed by atoms with Crippen molar-refractivity contribution < 1.29 is 4.74 Å². The van der Waals surface area contributed by atoms with Gasteiger partial charge in [-0.25, -0.2) is 0 Å². The minimum absolute atomic E-state index is 0.463. The average molecular weight is 214 g/mol. The summed E-state index contributed by atoms with van der Waals surface area (Å²) in [4.78, 5) is 0. The maximum Gasteiger partial charge on any atom is 0.0465 e. The number of nitrogens with two attached hydrogens (primary N) is 1. The lowest BCUT2D eigenvalue weighted by Crippen LogP contribution is -2.45. The molecule has 0 aromatic heterocycles. The standard InChI is InChI=1S/C12H26N2O/c1-9-4-5-11(8-9)12(14-13)10(2)6-7-15-3/h9-12,14H,4-8,13H2,1-3H3. The first-order chi connectivity index (χ1) is 7.19. The average Bonchev–Trinajstić information content (AvgIpc) is 2.63. The van der Waals surface area contributed by atoms with Gasteiger partial charge in [-0.1, -0.05) is 20.3 Å². The van der Waals surface area contributed by atoms with E-state index in [-0.39, 0.29) is 0 Å². The Morgan fingerprint density at radius 1 is 1.47 bits per heavy atom. The summed E-state index contributed by atoms with van der Waals surface area (Å²) in [6, 6.07) is 0.463. The zero-order valence-corrected chi connectivity index (χ0v) is 10.3. The molecule has 1 aliphatic carbocycles. The molecule has 0 saturated heterocycles. The smallest absolute Gasteiger partial charge is 0.0465 e. The van der Waals surface area contributed by atoms with E-state index in [1.165, 1.54) is 19.3 Å². The molecule has 15 heavy (non-hydrogen) atoms. The molecule has 3 N–H and O–H groups in total. The zero-order chi connectivity index (χ0) is 11.3. The molecule has 3 nitrogen and oxygen atoms in total. The lowest BCUT2D eigenvalue weighted by molar-refractivity contribution is 0.157. The molecule has 0 spiro atoms. The lowest BCUT2D eigenvalue weighted by Gasteiger charge is -2.28. The molecule has 4 unspecified atom stereocenters. The second-order valence-corrected chi connectivity index (χ2v) is 5.13. The Hall–Kier alpha value is -0.120. The van der Waals surface area contributed by atoms with Crippen molar-refractivity contribution >= 4 is 0 Å². The predicted molar refractivity (Wildman–Crippen MR) is 63.3 cm³/mol. The van der Waals surface area contributed by atoms with Crippen molar-refractivity contribution in [1.82, 2.24) is 5.43 Å². The third-order valence-corrected chi connectivity index (χ3v) is 3.83. The molecule has 90 valence electrons. The van der Waals surface area contributed by atoms with Gasteiger partial charge in [0.2, 0.25) is 0 Å². The van der Waals surface area contributed by atoms with E-state index in [9.17, 15) is 0 Å². The van der Waals surface area contributed by atoms with Crippen molar-refractivity contribution in [1.29, 1.82) is 0 Å². The van der Waals surface area contributed by atoms with Crippen LogP contribution in [0.4, 0.5) is 0 Å². The molecule has 1 saturated carbocycles. The third-order valence-electron chi connectivity index (χ3n) is 3.83. The molecule has 0 bridgehead atoms. The van der Waals surface area contributed by atoms with Gasteiger partial charge in [-0.05, 0) is 37.0 Å². The first-order valence-electron chi connectivity index (χ1n) is 6.14. The molecule has 1 rings (SSSR count). The fourth-order valence-corrected chi connectivity index (χ4v) is 2.83. The molecule has 0 heterocycles. The summed E-state index contributed by atoms with van der Waals surface area (Å²) in [6.45, 7) is 5.45. The van der Waals surface area contributed by atoms with Crippen molar-refractivity contribution in [3.05, 3.63) is 0 Å². The van der Waals surface area contributed by atoms with Crippen molar-refractivity contribution in [2.24, 2.45) is 23.6 Å². The first kappa shape index (κ1) is 12.9. The van der Waals surface area contributed by atoms with Gasteiger partial charge >= 0.3 is 0 Å². The summed E-state index contributed by atoms with van der Waals surface area (Å²) < 4.78 is 5.12. The van der Waals surface area contributed by atoms with E-state index in [1.807, 2.05) is 0 Å². The van der Waals surface area contributed by atoms with Gasteiger partial charge in [-0.3, -0.25) is 11.3 Å². The molecule has 4 atom stereocenters. The number of ether oxygens (including phenoxy) is 1. The highest BCUT2D eigenvalue weighted by Crippen LogP contribution is 2.35. The molecule has 0 radical (unpaired) electrons. The van der Waals surface area contributed by atoms with Gasteiger partial charge in [-0.2, -0.15) is 0 Å². The molecule has 1 fully saturated rings. The minimum atomic E-state index is 0.463. The van der Waals surface area contributed by atoms with Crippen LogP contribution in [0.3, 0.4) is 0 Å². The fourth-order valence-electron chi connectivity index (χ4n) is 2.83. The van der Waals surface area contributed by atoms with Gasteiger partial charge in [0.05, 0.1) is 0 Å². The van der Waals surface area contributed by atoms with E-state index in [4.69, 9.17) is 10.6 Å². The Balaban J connectivity index is 2.40. The van der Waals surface area contributed by atoms with Gasteiger partial charge < -0.3 is 4.74 Å². The van der Waals surface area contributed by atoms with Crippen molar-refractivity contribution in [2.45, 2.75) is 45.6 Å². The van der Waals surface area contributed by atoms with Crippen LogP contribution in [0.15, 0.2) is 0 Å². The Morgan fingerprint density at radius 3 is 2.67 bits per heavy atom. The number of hydrazine groups is 1. The van der Waals surface area contributed by atoms with Crippen molar-refractivity contribution in [3.8, 4) is 0 Å². The second kappa shape index (κ2) is 6.46. The van der Waals surface area contributed by atoms with E-state index < -0.39 is 0 Å². The van der Waals surface area contributed by atoms with Gasteiger partial charge in [0.25, 0.3) is 0 Å². The van der Waals surface area contributed by atoms with Crippen molar-refractivity contribution in [3.63, 3.8) is 0 Å². The Bertz CT molecular complexity index is 175. The number of nitrogens with one attached hydrogen (secondary N) is 1. The quantitative estimate of drug-likeness (QED) is 0.524. The van der Waals surface area contributed by atoms with Crippen LogP contribution < -0.4 is 11.3 Å². The lowest BCUT2D eigenvalue weighted by atomic mass is 9.86. The molecular weight excluding hydrogens is 188 g/mol. The van der Waals surface area contributed by atoms with E-state index in [1.54, 1.807) is 7.11 Å². The van der Waals surface area contributed by atoms with Crippen LogP contribution in [0.25, 0.3) is 0 Å². The minimum Gasteiger partial charge on any atom is -0.385 e. The molecule has 1 aliphatic rings. The fraction of sp³-hybridized carbons (Fsp3) is 1.00. The highest BCUT2D eigenvalue weighted by Gasteiger charge is 2.31.